The lowest BCUT2D eigenvalue weighted by molar-refractivity contribution is 0.0520. The van der Waals surface area contributed by atoms with E-state index in [2.05, 4.69) is 9.97 Å². The first-order valence-electron chi connectivity index (χ1n) is 5.53. The summed E-state index contributed by atoms with van der Waals surface area (Å²) in [6, 6.07) is 6.52. The van der Waals surface area contributed by atoms with E-state index >= 15 is 0 Å². The Morgan fingerprint density at radius 1 is 1.39 bits per heavy atom. The van der Waals surface area contributed by atoms with Gasteiger partial charge in [-0.1, -0.05) is 6.07 Å². The van der Waals surface area contributed by atoms with Gasteiger partial charge in [0.05, 0.1) is 6.61 Å². The Hall–Kier alpha value is -2.43. The zero-order chi connectivity index (χ0) is 13.0. The molecule has 0 amide bonds. The topological polar surface area (TPSA) is 72.1 Å². The van der Waals surface area contributed by atoms with Crippen LogP contribution >= 0.6 is 0 Å². The number of esters is 1. The minimum atomic E-state index is -0.547. The maximum Gasteiger partial charge on any atom is 0.355 e. The third-order valence-corrected chi connectivity index (χ3v) is 2.37. The molecule has 0 saturated carbocycles. The van der Waals surface area contributed by atoms with Crippen LogP contribution in [0.5, 0.6) is 0 Å². The summed E-state index contributed by atoms with van der Waals surface area (Å²) in [6.07, 6.45) is 3.26. The standard InChI is InChI=1S/C13H12N2O3/c1-2-18-13(17)12-10(5-6-11(16)15-12)9-4-3-7-14-8-9/h3-8H,2H2,1H3,(H,15,16). The average molecular weight is 244 g/mol. The molecule has 18 heavy (non-hydrogen) atoms. The van der Waals surface area contributed by atoms with Crippen molar-refractivity contribution >= 4 is 5.97 Å². The molecule has 0 atom stereocenters. The van der Waals surface area contributed by atoms with Gasteiger partial charge in [0.15, 0.2) is 0 Å². The van der Waals surface area contributed by atoms with E-state index in [4.69, 9.17) is 4.74 Å². The number of rotatable bonds is 3. The number of nitrogens with zero attached hydrogens (tertiary/aromatic N) is 1. The Morgan fingerprint density at radius 3 is 2.89 bits per heavy atom. The molecule has 0 fully saturated rings. The summed E-state index contributed by atoms with van der Waals surface area (Å²) >= 11 is 0. The number of nitrogens with one attached hydrogen (secondary N) is 1. The number of hydrogen-bond donors (Lipinski definition) is 1. The van der Waals surface area contributed by atoms with Gasteiger partial charge in [0, 0.05) is 29.6 Å². The number of carbonyl (C=O) groups is 1. The lowest BCUT2D eigenvalue weighted by Crippen LogP contribution is -2.15. The zero-order valence-corrected chi connectivity index (χ0v) is 9.84. The molecule has 0 spiro atoms. The molecule has 92 valence electrons. The predicted molar refractivity (Wildman–Crippen MR) is 66.3 cm³/mol. The molecule has 0 radical (unpaired) electrons. The zero-order valence-electron chi connectivity index (χ0n) is 9.84. The molecule has 0 aromatic carbocycles. The van der Waals surface area contributed by atoms with Gasteiger partial charge in [-0.15, -0.1) is 0 Å². The minimum Gasteiger partial charge on any atom is -0.461 e. The number of ether oxygens (including phenoxy) is 1. The monoisotopic (exact) mass is 244 g/mol. The summed E-state index contributed by atoms with van der Waals surface area (Å²) < 4.78 is 4.92. The summed E-state index contributed by atoms with van der Waals surface area (Å²) in [6.45, 7) is 1.96. The van der Waals surface area contributed by atoms with Crippen molar-refractivity contribution in [1.29, 1.82) is 0 Å². The quantitative estimate of drug-likeness (QED) is 0.832. The molecule has 0 bridgehead atoms. The van der Waals surface area contributed by atoms with Crippen LogP contribution in [0.2, 0.25) is 0 Å². The molecule has 2 heterocycles. The molecule has 0 aliphatic rings. The molecule has 0 saturated heterocycles. The molecule has 0 unspecified atom stereocenters. The van der Waals surface area contributed by atoms with Crippen molar-refractivity contribution in [3.8, 4) is 11.1 Å². The van der Waals surface area contributed by atoms with E-state index in [0.29, 0.717) is 5.56 Å². The van der Waals surface area contributed by atoms with Crippen molar-refractivity contribution < 1.29 is 9.53 Å². The molecular formula is C13H12N2O3. The molecule has 5 nitrogen and oxygen atoms in total. The number of aromatic amines is 1. The maximum atomic E-state index is 11.8. The van der Waals surface area contributed by atoms with Crippen molar-refractivity contribution in [3.05, 3.63) is 52.7 Å². The number of carbonyl (C=O) groups excluding carboxylic acids is 1. The first-order chi connectivity index (χ1) is 8.72. The van der Waals surface area contributed by atoms with E-state index in [1.165, 1.54) is 6.07 Å². The smallest absolute Gasteiger partial charge is 0.355 e. The van der Waals surface area contributed by atoms with Gasteiger partial charge >= 0.3 is 5.97 Å². The summed E-state index contributed by atoms with van der Waals surface area (Å²) in [5.74, 6) is -0.547. The van der Waals surface area contributed by atoms with E-state index in [1.54, 1.807) is 31.5 Å². The molecule has 2 aromatic heterocycles. The van der Waals surface area contributed by atoms with Gasteiger partial charge in [-0.05, 0) is 19.1 Å². The van der Waals surface area contributed by atoms with Gasteiger partial charge < -0.3 is 9.72 Å². The Labute approximate surface area is 103 Å². The third-order valence-electron chi connectivity index (χ3n) is 2.37. The van der Waals surface area contributed by atoms with Gasteiger partial charge in [0.2, 0.25) is 5.56 Å². The summed E-state index contributed by atoms with van der Waals surface area (Å²) in [4.78, 5) is 29.6. The van der Waals surface area contributed by atoms with Crippen LogP contribution < -0.4 is 5.56 Å². The Bertz CT molecular complexity index is 605. The van der Waals surface area contributed by atoms with Crippen LogP contribution in [0.15, 0.2) is 41.5 Å². The fraction of sp³-hybridized carbons (Fsp3) is 0.154. The highest BCUT2D eigenvalue weighted by Gasteiger charge is 2.14. The van der Waals surface area contributed by atoms with E-state index in [9.17, 15) is 9.59 Å². The fourth-order valence-electron chi connectivity index (χ4n) is 1.60. The van der Waals surface area contributed by atoms with Crippen LogP contribution in [0.3, 0.4) is 0 Å². The first-order valence-corrected chi connectivity index (χ1v) is 5.53. The number of aromatic nitrogens is 2. The van der Waals surface area contributed by atoms with Crippen LogP contribution in [-0.2, 0) is 4.74 Å². The van der Waals surface area contributed by atoms with Crippen molar-refractivity contribution in [3.63, 3.8) is 0 Å². The summed E-state index contributed by atoms with van der Waals surface area (Å²) in [5.41, 5.74) is 1.15. The lowest BCUT2D eigenvalue weighted by atomic mass is 10.1. The maximum absolute atomic E-state index is 11.8. The summed E-state index contributed by atoms with van der Waals surface area (Å²) in [5, 5.41) is 0. The van der Waals surface area contributed by atoms with Crippen LogP contribution in [-0.4, -0.2) is 22.5 Å². The number of pyridine rings is 2. The minimum absolute atomic E-state index is 0.150. The second-order valence-electron chi connectivity index (χ2n) is 3.57. The van der Waals surface area contributed by atoms with Gasteiger partial charge in [-0.25, -0.2) is 4.79 Å². The number of hydrogen-bond acceptors (Lipinski definition) is 4. The van der Waals surface area contributed by atoms with E-state index in [0.717, 1.165) is 5.56 Å². The van der Waals surface area contributed by atoms with Crippen LogP contribution in [0, 0.1) is 0 Å². The number of H-pyrrole nitrogens is 1. The van der Waals surface area contributed by atoms with Crippen molar-refractivity contribution in [1.82, 2.24) is 9.97 Å². The molecule has 1 N–H and O–H groups in total. The van der Waals surface area contributed by atoms with Gasteiger partial charge in [0.1, 0.15) is 5.69 Å². The summed E-state index contributed by atoms with van der Waals surface area (Å²) in [7, 11) is 0. The Balaban J connectivity index is 2.54. The lowest BCUT2D eigenvalue weighted by Gasteiger charge is -2.07. The fourth-order valence-corrected chi connectivity index (χ4v) is 1.60. The Morgan fingerprint density at radius 2 is 2.22 bits per heavy atom. The highest BCUT2D eigenvalue weighted by Crippen LogP contribution is 2.20. The average Bonchev–Trinajstić information content (AvgIpc) is 2.40. The normalized spacial score (nSPS) is 10.1. The van der Waals surface area contributed by atoms with Crippen LogP contribution in [0.1, 0.15) is 17.4 Å². The largest absolute Gasteiger partial charge is 0.461 e. The second-order valence-corrected chi connectivity index (χ2v) is 3.57. The molecule has 2 aromatic rings. The Kier molecular flexibility index (Phi) is 3.52. The SMILES string of the molecule is CCOC(=O)c1[nH]c(=O)ccc1-c1cccnc1. The van der Waals surface area contributed by atoms with Gasteiger partial charge in [0.25, 0.3) is 0 Å². The first kappa shape index (κ1) is 12.0. The van der Waals surface area contributed by atoms with Crippen LogP contribution in [0.25, 0.3) is 11.1 Å². The molecule has 0 aliphatic carbocycles. The van der Waals surface area contributed by atoms with Gasteiger partial charge in [-0.2, -0.15) is 0 Å². The highest BCUT2D eigenvalue weighted by molar-refractivity contribution is 5.95. The molecular weight excluding hydrogens is 232 g/mol. The van der Waals surface area contributed by atoms with E-state index < -0.39 is 5.97 Å². The predicted octanol–water partition coefficient (Wildman–Crippen LogP) is 1.61. The third kappa shape index (κ3) is 2.45. The molecule has 0 aliphatic heterocycles. The van der Waals surface area contributed by atoms with Gasteiger partial charge in [-0.3, -0.25) is 9.78 Å². The second kappa shape index (κ2) is 5.27. The van der Waals surface area contributed by atoms with Crippen molar-refractivity contribution in [2.75, 3.05) is 6.61 Å². The van der Waals surface area contributed by atoms with Crippen molar-refractivity contribution in [2.45, 2.75) is 6.92 Å². The van der Waals surface area contributed by atoms with Crippen LogP contribution in [0.4, 0.5) is 0 Å². The van der Waals surface area contributed by atoms with E-state index in [-0.39, 0.29) is 17.9 Å². The highest BCUT2D eigenvalue weighted by atomic mass is 16.5. The molecule has 2 rings (SSSR count). The van der Waals surface area contributed by atoms with E-state index in [1.807, 2.05) is 6.07 Å². The molecule has 5 heteroatoms. The van der Waals surface area contributed by atoms with Crippen molar-refractivity contribution in [2.24, 2.45) is 0 Å².